The first-order valence-corrected chi connectivity index (χ1v) is 7.73. The number of fused-ring (bicyclic) bond motifs is 1. The molecule has 1 aliphatic rings. The summed E-state index contributed by atoms with van der Waals surface area (Å²) in [5.41, 5.74) is 1.30. The molecule has 1 aromatic heterocycles. The zero-order chi connectivity index (χ0) is 16.8. The molecule has 2 aromatic rings. The van der Waals surface area contributed by atoms with Gasteiger partial charge in [-0.2, -0.15) is 0 Å². The Hall–Kier alpha value is -1.57. The average Bonchev–Trinajstić information content (AvgIpc) is 2.89. The zero-order valence-electron chi connectivity index (χ0n) is 14.2. The lowest BCUT2D eigenvalue weighted by atomic mass is 9.79. The maximum Gasteiger partial charge on any atom is 0.494 e. The fraction of sp³-hybridized carbons (Fsp3) is 0.562. The van der Waals surface area contributed by atoms with Crippen molar-refractivity contribution in [3.05, 3.63) is 28.7 Å². The maximum atomic E-state index is 12.0. The minimum absolute atomic E-state index is 0.386. The van der Waals surface area contributed by atoms with E-state index in [2.05, 4.69) is 0 Å². The van der Waals surface area contributed by atoms with Crippen LogP contribution < -0.4 is 11.2 Å². The number of hydrogen-bond acceptors (Lipinski definition) is 5. The van der Waals surface area contributed by atoms with Gasteiger partial charge in [0.1, 0.15) is 0 Å². The van der Waals surface area contributed by atoms with Crippen LogP contribution in [0.3, 0.4) is 0 Å². The number of rotatable bonds is 4. The maximum absolute atomic E-state index is 12.0. The van der Waals surface area contributed by atoms with Gasteiger partial charge in [0.2, 0.25) is 0 Å². The zero-order valence-corrected chi connectivity index (χ0v) is 14.2. The number of benzene rings is 1. The highest BCUT2D eigenvalue weighted by Crippen LogP contribution is 2.36. The summed E-state index contributed by atoms with van der Waals surface area (Å²) in [4.78, 5) is 12.0. The lowest BCUT2D eigenvalue weighted by Crippen LogP contribution is -2.41. The van der Waals surface area contributed by atoms with Gasteiger partial charge >= 0.3 is 12.9 Å². The van der Waals surface area contributed by atoms with Crippen LogP contribution in [0.5, 0.6) is 0 Å². The second-order valence-corrected chi connectivity index (χ2v) is 6.83. The van der Waals surface area contributed by atoms with Crippen LogP contribution in [0.2, 0.25) is 0 Å². The van der Waals surface area contributed by atoms with E-state index >= 15 is 0 Å². The average molecular weight is 319 g/mol. The van der Waals surface area contributed by atoms with E-state index < -0.39 is 18.3 Å². The van der Waals surface area contributed by atoms with Gasteiger partial charge in [0, 0.05) is 7.11 Å². The number of ether oxygens (including phenoxy) is 1. The lowest BCUT2D eigenvalue weighted by Gasteiger charge is -2.32. The summed E-state index contributed by atoms with van der Waals surface area (Å²) in [5.74, 6) is -0.386. The quantitative estimate of drug-likeness (QED) is 0.800. The largest absolute Gasteiger partial charge is 0.494 e. The molecule has 0 unspecified atom stereocenters. The van der Waals surface area contributed by atoms with E-state index in [1.165, 1.54) is 0 Å². The van der Waals surface area contributed by atoms with Crippen molar-refractivity contribution in [1.29, 1.82) is 0 Å². The van der Waals surface area contributed by atoms with E-state index in [0.717, 1.165) is 11.0 Å². The molecule has 7 heteroatoms. The van der Waals surface area contributed by atoms with Gasteiger partial charge < -0.3 is 18.5 Å². The first-order chi connectivity index (χ1) is 10.7. The van der Waals surface area contributed by atoms with Crippen molar-refractivity contribution in [3.63, 3.8) is 0 Å². The van der Waals surface area contributed by atoms with Gasteiger partial charge in [-0.3, -0.25) is 4.57 Å². The molecule has 124 valence electrons. The molecule has 1 saturated heterocycles. The van der Waals surface area contributed by atoms with Crippen LogP contribution in [0, 0.1) is 0 Å². The fourth-order valence-electron chi connectivity index (χ4n) is 2.60. The summed E-state index contributed by atoms with van der Waals surface area (Å²) < 4.78 is 24.0. The molecule has 1 aromatic carbocycles. The van der Waals surface area contributed by atoms with Gasteiger partial charge in [-0.1, -0.05) is 6.07 Å². The van der Waals surface area contributed by atoms with Crippen LogP contribution >= 0.6 is 0 Å². The Bertz CT molecular complexity index is 760. The van der Waals surface area contributed by atoms with Crippen molar-refractivity contribution in [1.82, 2.24) is 4.57 Å². The minimum Gasteiger partial charge on any atom is -0.408 e. The molecular formula is C16H22BNO5. The van der Waals surface area contributed by atoms with E-state index in [1.54, 1.807) is 11.7 Å². The van der Waals surface area contributed by atoms with Gasteiger partial charge in [-0.15, -0.1) is 0 Å². The number of methoxy groups -OCH3 is 1. The Morgan fingerprint density at radius 2 is 1.83 bits per heavy atom. The Morgan fingerprint density at radius 3 is 2.43 bits per heavy atom. The van der Waals surface area contributed by atoms with Crippen molar-refractivity contribution < 1.29 is 18.5 Å². The van der Waals surface area contributed by atoms with Crippen LogP contribution in [-0.2, 0) is 20.6 Å². The summed E-state index contributed by atoms with van der Waals surface area (Å²) in [6.45, 7) is 8.94. The van der Waals surface area contributed by atoms with Gasteiger partial charge in [0.25, 0.3) is 0 Å². The number of nitrogens with zero attached hydrogens (tertiary/aromatic N) is 1. The molecule has 2 heterocycles. The third-order valence-corrected chi connectivity index (χ3v) is 4.74. The van der Waals surface area contributed by atoms with Crippen molar-refractivity contribution >= 4 is 23.7 Å². The molecule has 1 aliphatic heterocycles. The van der Waals surface area contributed by atoms with E-state index in [-0.39, 0.29) is 5.76 Å². The smallest absolute Gasteiger partial charge is 0.408 e. The molecule has 0 spiro atoms. The predicted octanol–water partition coefficient (Wildman–Crippen LogP) is 1.54. The first kappa shape index (κ1) is 16.3. The topological polar surface area (TPSA) is 62.8 Å². The Labute approximate surface area is 135 Å². The third kappa shape index (κ3) is 2.73. The Morgan fingerprint density at radius 1 is 1.17 bits per heavy atom. The van der Waals surface area contributed by atoms with Crippen molar-refractivity contribution in [2.24, 2.45) is 0 Å². The standard InChI is InChI=1S/C16H22BNO5/c1-15(2)16(3,4)23-17(22-15)11-6-7-12-13(10-11)21-14(19)18(12)8-9-20-5/h6-7,10H,8-9H2,1-5H3. The first-order valence-electron chi connectivity index (χ1n) is 7.73. The highest BCUT2D eigenvalue weighted by Gasteiger charge is 2.51. The van der Waals surface area contributed by atoms with Crippen LogP contribution in [0.15, 0.2) is 27.4 Å². The summed E-state index contributed by atoms with van der Waals surface area (Å²) in [7, 11) is 1.13. The molecule has 0 bridgehead atoms. The highest BCUT2D eigenvalue weighted by molar-refractivity contribution is 6.62. The highest BCUT2D eigenvalue weighted by atomic mass is 16.7. The Balaban J connectivity index is 1.95. The molecule has 1 fully saturated rings. The second-order valence-electron chi connectivity index (χ2n) is 6.83. The predicted molar refractivity (Wildman–Crippen MR) is 88.1 cm³/mol. The summed E-state index contributed by atoms with van der Waals surface area (Å²) in [6, 6.07) is 5.57. The SMILES string of the molecule is COCCn1c(=O)oc2cc(B3OC(C)(C)C(C)(C)O3)ccc21. The third-order valence-electron chi connectivity index (χ3n) is 4.74. The number of aromatic nitrogens is 1. The molecule has 3 rings (SSSR count). The van der Waals surface area contributed by atoms with Crippen LogP contribution in [0.4, 0.5) is 0 Å². The van der Waals surface area contributed by atoms with Gasteiger partial charge in [-0.05, 0) is 45.3 Å². The molecule has 0 atom stereocenters. The van der Waals surface area contributed by atoms with E-state index in [9.17, 15) is 4.79 Å². The molecule has 0 saturated carbocycles. The second kappa shape index (κ2) is 5.51. The summed E-state index contributed by atoms with van der Waals surface area (Å²) in [6.07, 6.45) is 0. The van der Waals surface area contributed by atoms with E-state index in [0.29, 0.717) is 18.7 Å². The molecule has 0 radical (unpaired) electrons. The van der Waals surface area contributed by atoms with Gasteiger partial charge in [0.15, 0.2) is 5.58 Å². The van der Waals surface area contributed by atoms with Gasteiger partial charge in [0.05, 0.1) is 29.9 Å². The fourth-order valence-corrected chi connectivity index (χ4v) is 2.60. The van der Waals surface area contributed by atoms with Crippen molar-refractivity contribution in [2.75, 3.05) is 13.7 Å². The molecule has 0 aliphatic carbocycles. The monoisotopic (exact) mass is 319 g/mol. The van der Waals surface area contributed by atoms with Crippen LogP contribution in [-0.4, -0.2) is 36.6 Å². The summed E-state index contributed by atoms with van der Waals surface area (Å²) >= 11 is 0. The minimum atomic E-state index is -0.475. The van der Waals surface area contributed by atoms with E-state index in [1.807, 2.05) is 45.9 Å². The molecule has 0 N–H and O–H groups in total. The van der Waals surface area contributed by atoms with Crippen molar-refractivity contribution in [2.45, 2.75) is 45.4 Å². The molecule has 23 heavy (non-hydrogen) atoms. The lowest BCUT2D eigenvalue weighted by molar-refractivity contribution is 0.00578. The Kier molecular flexibility index (Phi) is 3.90. The van der Waals surface area contributed by atoms with Crippen LogP contribution in [0.25, 0.3) is 11.1 Å². The molecule has 6 nitrogen and oxygen atoms in total. The van der Waals surface area contributed by atoms with Gasteiger partial charge in [-0.25, -0.2) is 4.79 Å². The van der Waals surface area contributed by atoms with Crippen LogP contribution in [0.1, 0.15) is 27.7 Å². The molecule has 0 amide bonds. The number of oxazole rings is 1. The van der Waals surface area contributed by atoms with Crippen molar-refractivity contribution in [3.8, 4) is 0 Å². The number of hydrogen-bond donors (Lipinski definition) is 0. The van der Waals surface area contributed by atoms with E-state index in [4.69, 9.17) is 18.5 Å². The molecular weight excluding hydrogens is 297 g/mol. The summed E-state index contributed by atoms with van der Waals surface area (Å²) in [5, 5.41) is 0. The normalized spacial score (nSPS) is 19.6.